The number of amides is 1. The largest absolute Gasteiger partial charge is 0.494 e. The van der Waals surface area contributed by atoms with E-state index in [1.807, 2.05) is 6.92 Å². The van der Waals surface area contributed by atoms with Gasteiger partial charge in [-0.25, -0.2) is 0 Å². The van der Waals surface area contributed by atoms with E-state index in [1.165, 1.54) is 0 Å². The van der Waals surface area contributed by atoms with Gasteiger partial charge in [-0.05, 0) is 44.0 Å². The zero-order valence-corrected chi connectivity index (χ0v) is 11.0. The third-order valence-corrected chi connectivity index (χ3v) is 3.07. The molecule has 1 amide bonds. The van der Waals surface area contributed by atoms with Crippen LogP contribution in [0, 0.1) is 0 Å². The molecule has 0 bridgehead atoms. The molecular formula is C14H19NO4. The average molecular weight is 265 g/mol. The molecule has 5 nitrogen and oxygen atoms in total. The summed E-state index contributed by atoms with van der Waals surface area (Å²) in [5.41, 5.74) is -0.390. The minimum atomic E-state index is -0.390. The fraction of sp³-hybridized carbons (Fsp3) is 0.500. The normalized spacial score (nSPS) is 15.7. The molecule has 104 valence electrons. The molecule has 19 heavy (non-hydrogen) atoms. The van der Waals surface area contributed by atoms with Crippen molar-refractivity contribution in [1.82, 2.24) is 5.32 Å². The van der Waals surface area contributed by atoms with Crippen LogP contribution in [0.1, 0.15) is 19.8 Å². The maximum Gasteiger partial charge on any atom is 0.258 e. The van der Waals surface area contributed by atoms with Crippen molar-refractivity contribution in [2.24, 2.45) is 0 Å². The number of hydrogen-bond acceptors (Lipinski definition) is 4. The predicted octanol–water partition coefficient (Wildman–Crippen LogP) is 1.11. The second-order valence-corrected chi connectivity index (χ2v) is 4.68. The number of rotatable bonds is 7. The van der Waals surface area contributed by atoms with Crippen LogP contribution in [0.2, 0.25) is 0 Å². The van der Waals surface area contributed by atoms with Crippen LogP contribution in [0.3, 0.4) is 0 Å². The third-order valence-electron chi connectivity index (χ3n) is 3.07. The highest BCUT2D eigenvalue weighted by atomic mass is 16.5. The van der Waals surface area contributed by atoms with E-state index in [2.05, 4.69) is 5.32 Å². The Bertz CT molecular complexity index is 426. The van der Waals surface area contributed by atoms with E-state index in [-0.39, 0.29) is 24.7 Å². The number of aliphatic hydroxyl groups is 1. The molecule has 1 aromatic carbocycles. The van der Waals surface area contributed by atoms with Crippen molar-refractivity contribution < 1.29 is 19.4 Å². The number of benzene rings is 1. The zero-order valence-electron chi connectivity index (χ0n) is 11.0. The molecule has 0 saturated heterocycles. The summed E-state index contributed by atoms with van der Waals surface area (Å²) in [6.07, 6.45) is 1.66. The summed E-state index contributed by atoms with van der Waals surface area (Å²) in [5, 5.41) is 11.9. The lowest BCUT2D eigenvalue weighted by atomic mass is 10.3. The van der Waals surface area contributed by atoms with Crippen molar-refractivity contribution in [2.45, 2.75) is 25.3 Å². The second kappa shape index (κ2) is 5.93. The molecule has 1 aliphatic rings. The fourth-order valence-corrected chi connectivity index (χ4v) is 1.75. The minimum Gasteiger partial charge on any atom is -0.494 e. The van der Waals surface area contributed by atoms with Crippen LogP contribution in [0.25, 0.3) is 0 Å². The summed E-state index contributed by atoms with van der Waals surface area (Å²) in [6.45, 7) is 2.48. The van der Waals surface area contributed by atoms with E-state index in [0.29, 0.717) is 12.4 Å². The first-order chi connectivity index (χ1) is 9.17. The maximum absolute atomic E-state index is 11.6. The van der Waals surface area contributed by atoms with Gasteiger partial charge in [-0.3, -0.25) is 4.79 Å². The van der Waals surface area contributed by atoms with Crippen LogP contribution in [-0.4, -0.2) is 36.4 Å². The smallest absolute Gasteiger partial charge is 0.258 e. The van der Waals surface area contributed by atoms with Crippen LogP contribution in [0.4, 0.5) is 0 Å². The van der Waals surface area contributed by atoms with Crippen molar-refractivity contribution in [3.63, 3.8) is 0 Å². The SMILES string of the molecule is CCOc1ccc(OCC(=O)NC2(CO)CC2)cc1. The number of nitrogens with one attached hydrogen (secondary N) is 1. The van der Waals surface area contributed by atoms with Crippen LogP contribution < -0.4 is 14.8 Å². The van der Waals surface area contributed by atoms with Crippen molar-refractivity contribution in [3.8, 4) is 11.5 Å². The van der Waals surface area contributed by atoms with Gasteiger partial charge in [-0.1, -0.05) is 0 Å². The van der Waals surface area contributed by atoms with Crippen molar-refractivity contribution in [1.29, 1.82) is 0 Å². The average Bonchev–Trinajstić information content (AvgIpc) is 3.19. The van der Waals surface area contributed by atoms with Crippen LogP contribution in [-0.2, 0) is 4.79 Å². The summed E-state index contributed by atoms with van der Waals surface area (Å²) < 4.78 is 10.7. The fourth-order valence-electron chi connectivity index (χ4n) is 1.75. The van der Waals surface area contributed by atoms with Crippen LogP contribution in [0.5, 0.6) is 11.5 Å². The Labute approximate surface area is 112 Å². The van der Waals surface area contributed by atoms with Gasteiger partial charge in [-0.15, -0.1) is 0 Å². The van der Waals surface area contributed by atoms with Gasteiger partial charge in [0.2, 0.25) is 0 Å². The molecule has 0 spiro atoms. The van der Waals surface area contributed by atoms with E-state index in [9.17, 15) is 4.79 Å². The third kappa shape index (κ3) is 3.86. The van der Waals surface area contributed by atoms with Gasteiger partial charge < -0.3 is 19.9 Å². The van der Waals surface area contributed by atoms with Gasteiger partial charge in [0.15, 0.2) is 6.61 Å². The number of carbonyl (C=O) groups excluding carboxylic acids is 1. The number of hydrogen-bond donors (Lipinski definition) is 2. The number of ether oxygens (including phenoxy) is 2. The summed E-state index contributed by atoms with van der Waals surface area (Å²) in [7, 11) is 0. The molecule has 5 heteroatoms. The second-order valence-electron chi connectivity index (χ2n) is 4.68. The van der Waals surface area contributed by atoms with Gasteiger partial charge in [0.1, 0.15) is 11.5 Å². The molecule has 1 aliphatic carbocycles. The molecule has 0 aliphatic heterocycles. The molecule has 2 N–H and O–H groups in total. The Hall–Kier alpha value is -1.75. The van der Waals surface area contributed by atoms with E-state index in [1.54, 1.807) is 24.3 Å². The van der Waals surface area contributed by atoms with Crippen LogP contribution in [0.15, 0.2) is 24.3 Å². The first-order valence-electron chi connectivity index (χ1n) is 6.45. The van der Waals surface area contributed by atoms with E-state index in [4.69, 9.17) is 14.6 Å². The molecule has 0 unspecified atom stereocenters. The van der Waals surface area contributed by atoms with E-state index in [0.717, 1.165) is 18.6 Å². The van der Waals surface area contributed by atoms with Crippen molar-refractivity contribution in [2.75, 3.05) is 19.8 Å². The minimum absolute atomic E-state index is 0.0121. The molecule has 0 radical (unpaired) electrons. The maximum atomic E-state index is 11.6. The van der Waals surface area contributed by atoms with E-state index < -0.39 is 0 Å². The van der Waals surface area contributed by atoms with Gasteiger partial charge >= 0.3 is 0 Å². The zero-order chi connectivity index (χ0) is 13.7. The van der Waals surface area contributed by atoms with Crippen LogP contribution >= 0.6 is 0 Å². The van der Waals surface area contributed by atoms with E-state index >= 15 is 0 Å². The highest BCUT2D eigenvalue weighted by Crippen LogP contribution is 2.34. The highest BCUT2D eigenvalue weighted by Gasteiger charge is 2.43. The monoisotopic (exact) mass is 265 g/mol. The molecule has 1 saturated carbocycles. The standard InChI is InChI=1S/C14H19NO4/c1-2-18-11-3-5-12(6-4-11)19-9-13(17)15-14(10-16)7-8-14/h3-6,16H,2,7-10H2,1H3,(H,15,17). The number of carbonyl (C=O) groups is 1. The lowest BCUT2D eigenvalue weighted by Crippen LogP contribution is -2.42. The number of aliphatic hydroxyl groups excluding tert-OH is 1. The van der Waals surface area contributed by atoms with Gasteiger partial charge in [0, 0.05) is 0 Å². The van der Waals surface area contributed by atoms with Crippen molar-refractivity contribution in [3.05, 3.63) is 24.3 Å². The first-order valence-corrected chi connectivity index (χ1v) is 6.45. The Balaban J connectivity index is 1.77. The summed E-state index contributed by atoms with van der Waals surface area (Å²) in [6, 6.07) is 7.12. The molecule has 1 aromatic rings. The Morgan fingerprint density at radius 1 is 1.26 bits per heavy atom. The Morgan fingerprint density at radius 3 is 2.32 bits per heavy atom. The molecule has 1 fully saturated rings. The topological polar surface area (TPSA) is 67.8 Å². The van der Waals surface area contributed by atoms with Gasteiger partial charge in [0.25, 0.3) is 5.91 Å². The Kier molecular flexibility index (Phi) is 4.27. The molecule has 2 rings (SSSR count). The molecule has 0 aromatic heterocycles. The van der Waals surface area contributed by atoms with Crippen molar-refractivity contribution >= 4 is 5.91 Å². The molecule has 0 atom stereocenters. The predicted molar refractivity (Wildman–Crippen MR) is 70.3 cm³/mol. The summed E-state index contributed by atoms with van der Waals surface area (Å²) >= 11 is 0. The quantitative estimate of drug-likeness (QED) is 0.775. The summed E-state index contributed by atoms with van der Waals surface area (Å²) in [5.74, 6) is 1.18. The lowest BCUT2D eigenvalue weighted by Gasteiger charge is -2.14. The first kappa shape index (κ1) is 13.7. The Morgan fingerprint density at radius 2 is 1.84 bits per heavy atom. The van der Waals surface area contributed by atoms with Gasteiger partial charge in [-0.2, -0.15) is 0 Å². The lowest BCUT2D eigenvalue weighted by molar-refractivity contribution is -0.124. The highest BCUT2D eigenvalue weighted by molar-refractivity contribution is 5.78. The van der Waals surface area contributed by atoms with Gasteiger partial charge in [0.05, 0.1) is 18.8 Å². The summed E-state index contributed by atoms with van der Waals surface area (Å²) in [4.78, 5) is 11.6. The molecular weight excluding hydrogens is 246 g/mol. The molecule has 0 heterocycles.